The Labute approximate surface area is 89.1 Å². The van der Waals surface area contributed by atoms with Crippen LogP contribution in [0.15, 0.2) is 6.20 Å². The molecule has 0 bridgehead atoms. The van der Waals surface area contributed by atoms with Crippen LogP contribution >= 0.6 is 11.5 Å². The van der Waals surface area contributed by atoms with Crippen molar-refractivity contribution in [3.63, 3.8) is 0 Å². The maximum Gasteiger partial charge on any atom is 0.0669 e. The summed E-state index contributed by atoms with van der Waals surface area (Å²) in [5, 5.41) is 7.28. The van der Waals surface area contributed by atoms with E-state index in [1.54, 1.807) is 0 Å². The van der Waals surface area contributed by atoms with Crippen molar-refractivity contribution in [1.29, 1.82) is 0 Å². The van der Waals surface area contributed by atoms with Gasteiger partial charge in [-0.3, -0.25) is 0 Å². The van der Waals surface area contributed by atoms with Crippen molar-refractivity contribution in [3.05, 3.63) is 11.1 Å². The quantitative estimate of drug-likeness (QED) is 0.728. The zero-order chi connectivity index (χ0) is 10.2. The van der Waals surface area contributed by atoms with E-state index in [1.165, 1.54) is 16.4 Å². The lowest BCUT2D eigenvalue weighted by Crippen LogP contribution is -2.21. The molecule has 0 saturated heterocycles. The second kappa shape index (κ2) is 6.52. The molecule has 14 heavy (non-hydrogen) atoms. The third-order valence-electron chi connectivity index (χ3n) is 1.94. The molecule has 0 aliphatic carbocycles. The standard InChI is InChI=1S/C10H15N3S/c1-3-5-6-9(11-7-4-2)10-8-12-13-14-10/h1,8-9,11H,4-7H2,2H3. The molecule has 4 heteroatoms. The van der Waals surface area contributed by atoms with E-state index in [4.69, 9.17) is 6.42 Å². The van der Waals surface area contributed by atoms with Gasteiger partial charge in [-0.2, -0.15) is 0 Å². The molecular formula is C10H15N3S. The van der Waals surface area contributed by atoms with E-state index in [1.807, 2.05) is 6.20 Å². The minimum Gasteiger partial charge on any atom is -0.309 e. The van der Waals surface area contributed by atoms with Crippen molar-refractivity contribution in [2.75, 3.05) is 6.54 Å². The van der Waals surface area contributed by atoms with E-state index in [2.05, 4.69) is 27.7 Å². The normalized spacial score (nSPS) is 12.3. The zero-order valence-electron chi connectivity index (χ0n) is 8.36. The van der Waals surface area contributed by atoms with Crippen LogP contribution in [0.5, 0.6) is 0 Å². The zero-order valence-corrected chi connectivity index (χ0v) is 9.18. The Hall–Kier alpha value is -0.920. The van der Waals surface area contributed by atoms with Gasteiger partial charge < -0.3 is 5.32 Å². The number of aromatic nitrogens is 2. The molecule has 0 saturated carbocycles. The van der Waals surface area contributed by atoms with Gasteiger partial charge in [0.2, 0.25) is 0 Å². The maximum absolute atomic E-state index is 5.25. The fourth-order valence-electron chi connectivity index (χ4n) is 1.22. The fourth-order valence-corrected chi connectivity index (χ4v) is 1.83. The van der Waals surface area contributed by atoms with E-state index < -0.39 is 0 Å². The molecule has 1 N–H and O–H groups in total. The minimum atomic E-state index is 0.325. The molecule has 0 amide bonds. The van der Waals surface area contributed by atoms with Crippen LogP contribution in [0.3, 0.4) is 0 Å². The molecule has 0 aliphatic heterocycles. The van der Waals surface area contributed by atoms with E-state index in [0.717, 1.165) is 25.8 Å². The highest BCUT2D eigenvalue weighted by Gasteiger charge is 2.11. The highest BCUT2D eigenvalue weighted by Crippen LogP contribution is 2.20. The molecule has 3 nitrogen and oxygen atoms in total. The summed E-state index contributed by atoms with van der Waals surface area (Å²) < 4.78 is 3.86. The highest BCUT2D eigenvalue weighted by molar-refractivity contribution is 7.05. The summed E-state index contributed by atoms with van der Waals surface area (Å²) in [7, 11) is 0. The molecule has 0 aromatic carbocycles. The maximum atomic E-state index is 5.25. The Morgan fingerprint density at radius 1 is 1.71 bits per heavy atom. The van der Waals surface area contributed by atoms with Gasteiger partial charge in [0, 0.05) is 12.5 Å². The van der Waals surface area contributed by atoms with Gasteiger partial charge in [0.05, 0.1) is 11.1 Å². The van der Waals surface area contributed by atoms with Gasteiger partial charge in [-0.25, -0.2) is 0 Å². The summed E-state index contributed by atoms with van der Waals surface area (Å²) in [6.07, 6.45) is 9.94. The number of terminal acetylenes is 1. The lowest BCUT2D eigenvalue weighted by molar-refractivity contribution is 0.512. The lowest BCUT2D eigenvalue weighted by atomic mass is 10.1. The van der Waals surface area contributed by atoms with Crippen molar-refractivity contribution in [1.82, 2.24) is 14.9 Å². The van der Waals surface area contributed by atoms with Crippen LogP contribution < -0.4 is 5.32 Å². The summed E-state index contributed by atoms with van der Waals surface area (Å²) >= 11 is 1.44. The molecule has 0 fully saturated rings. The number of nitrogens with one attached hydrogen (secondary N) is 1. The second-order valence-electron chi connectivity index (χ2n) is 3.07. The van der Waals surface area contributed by atoms with Crippen molar-refractivity contribution in [2.45, 2.75) is 32.2 Å². The Bertz CT molecular complexity index is 276. The van der Waals surface area contributed by atoms with Crippen molar-refractivity contribution in [3.8, 4) is 12.3 Å². The topological polar surface area (TPSA) is 37.8 Å². The molecule has 1 heterocycles. The van der Waals surface area contributed by atoms with E-state index in [-0.39, 0.29) is 0 Å². The van der Waals surface area contributed by atoms with E-state index >= 15 is 0 Å². The number of rotatable bonds is 6. The van der Waals surface area contributed by atoms with Crippen LogP contribution in [-0.2, 0) is 0 Å². The number of hydrogen-bond donors (Lipinski definition) is 1. The SMILES string of the molecule is C#CCCC(NCCC)c1cnns1. The lowest BCUT2D eigenvalue weighted by Gasteiger charge is -2.14. The van der Waals surface area contributed by atoms with Crippen LogP contribution in [0.25, 0.3) is 0 Å². The highest BCUT2D eigenvalue weighted by atomic mass is 32.1. The average Bonchev–Trinajstić information content (AvgIpc) is 2.71. The Morgan fingerprint density at radius 2 is 2.57 bits per heavy atom. The summed E-state index contributed by atoms with van der Waals surface area (Å²) in [4.78, 5) is 1.17. The molecule has 76 valence electrons. The molecule has 1 aromatic heterocycles. The Balaban J connectivity index is 2.49. The second-order valence-corrected chi connectivity index (χ2v) is 3.89. The van der Waals surface area contributed by atoms with Gasteiger partial charge in [-0.1, -0.05) is 11.4 Å². The third-order valence-corrected chi connectivity index (χ3v) is 2.72. The molecular weight excluding hydrogens is 194 g/mol. The van der Waals surface area contributed by atoms with Gasteiger partial charge in [0.15, 0.2) is 0 Å². The summed E-state index contributed by atoms with van der Waals surface area (Å²) in [6.45, 7) is 3.16. The molecule has 0 aliphatic rings. The molecule has 0 spiro atoms. The predicted molar refractivity (Wildman–Crippen MR) is 59.0 cm³/mol. The summed E-state index contributed by atoms with van der Waals surface area (Å²) in [5.41, 5.74) is 0. The Morgan fingerprint density at radius 3 is 3.14 bits per heavy atom. The van der Waals surface area contributed by atoms with Crippen molar-refractivity contribution >= 4 is 11.5 Å². The monoisotopic (exact) mass is 209 g/mol. The first-order valence-corrected chi connectivity index (χ1v) is 5.60. The number of nitrogens with zero attached hydrogens (tertiary/aromatic N) is 2. The van der Waals surface area contributed by atoms with Gasteiger partial charge in [-0.15, -0.1) is 17.4 Å². The minimum absolute atomic E-state index is 0.325. The molecule has 1 unspecified atom stereocenters. The van der Waals surface area contributed by atoms with Crippen LogP contribution in [0, 0.1) is 12.3 Å². The fraction of sp³-hybridized carbons (Fsp3) is 0.600. The summed E-state index contributed by atoms with van der Waals surface area (Å²) in [6, 6.07) is 0.325. The van der Waals surface area contributed by atoms with Crippen LogP contribution in [0.4, 0.5) is 0 Å². The van der Waals surface area contributed by atoms with E-state index in [9.17, 15) is 0 Å². The van der Waals surface area contributed by atoms with Gasteiger partial charge >= 0.3 is 0 Å². The first-order valence-electron chi connectivity index (χ1n) is 4.82. The van der Waals surface area contributed by atoms with Gasteiger partial charge in [-0.05, 0) is 30.9 Å². The molecule has 1 atom stereocenters. The van der Waals surface area contributed by atoms with E-state index in [0.29, 0.717) is 6.04 Å². The molecule has 1 rings (SSSR count). The third kappa shape index (κ3) is 3.44. The van der Waals surface area contributed by atoms with Crippen LogP contribution in [0.1, 0.15) is 37.1 Å². The average molecular weight is 209 g/mol. The van der Waals surface area contributed by atoms with Crippen LogP contribution in [-0.4, -0.2) is 16.1 Å². The van der Waals surface area contributed by atoms with Gasteiger partial charge in [0.25, 0.3) is 0 Å². The van der Waals surface area contributed by atoms with Gasteiger partial charge in [0.1, 0.15) is 0 Å². The molecule has 0 radical (unpaired) electrons. The summed E-state index contributed by atoms with van der Waals surface area (Å²) in [5.74, 6) is 2.66. The Kier molecular flexibility index (Phi) is 5.20. The van der Waals surface area contributed by atoms with Crippen molar-refractivity contribution in [2.24, 2.45) is 0 Å². The van der Waals surface area contributed by atoms with Crippen molar-refractivity contribution < 1.29 is 0 Å². The largest absolute Gasteiger partial charge is 0.309 e. The smallest absolute Gasteiger partial charge is 0.0669 e. The molecule has 1 aromatic rings. The predicted octanol–water partition coefficient (Wildman–Crippen LogP) is 1.99. The van der Waals surface area contributed by atoms with Crippen LogP contribution in [0.2, 0.25) is 0 Å². The first kappa shape index (κ1) is 11.2. The first-order chi connectivity index (χ1) is 6.88. The number of hydrogen-bond acceptors (Lipinski definition) is 4.